The minimum absolute atomic E-state index is 0.148. The highest BCUT2D eigenvalue weighted by Crippen LogP contribution is 2.24. The fourth-order valence-corrected chi connectivity index (χ4v) is 3.13. The van der Waals surface area contributed by atoms with E-state index >= 15 is 0 Å². The molecular formula is C20H20ClNO4. The number of rotatable bonds is 6. The van der Waals surface area contributed by atoms with Gasteiger partial charge in [-0.25, -0.2) is 4.79 Å². The molecule has 0 bridgehead atoms. The van der Waals surface area contributed by atoms with Crippen LogP contribution in [0.3, 0.4) is 0 Å². The number of likely N-dealkylation sites (tertiary alicyclic amines) is 1. The lowest BCUT2D eigenvalue weighted by Crippen LogP contribution is -2.39. The highest BCUT2D eigenvalue weighted by Gasteiger charge is 2.40. The average Bonchev–Trinajstić information content (AvgIpc) is 3.11. The largest absolute Gasteiger partial charge is 0.445 e. The standard InChI is InChI=1S/C20H20ClNO4/c21-19(23)18-11-17(25-13-15-7-3-1-4-8-15)12-22(18)20(24)26-14-16-9-5-2-6-10-16/h1-10,17-18H,11-14H2/t17-,18+/m0/s1. The Morgan fingerprint density at radius 1 is 0.962 bits per heavy atom. The van der Waals surface area contributed by atoms with Gasteiger partial charge in [0.15, 0.2) is 0 Å². The van der Waals surface area contributed by atoms with Gasteiger partial charge in [-0.3, -0.25) is 9.69 Å². The second kappa shape index (κ2) is 8.83. The fraction of sp³-hybridized carbons (Fsp3) is 0.300. The number of ether oxygens (including phenoxy) is 2. The Morgan fingerprint density at radius 2 is 1.54 bits per heavy atom. The number of hydrogen-bond donors (Lipinski definition) is 0. The third kappa shape index (κ3) is 4.84. The summed E-state index contributed by atoms with van der Waals surface area (Å²) in [7, 11) is 0. The van der Waals surface area contributed by atoms with Crippen LogP contribution in [0, 0.1) is 0 Å². The van der Waals surface area contributed by atoms with Crippen LogP contribution in [0.4, 0.5) is 4.79 Å². The smallest absolute Gasteiger partial charge is 0.410 e. The van der Waals surface area contributed by atoms with Crippen LogP contribution in [0.15, 0.2) is 60.7 Å². The Bertz CT molecular complexity index is 738. The van der Waals surface area contributed by atoms with Crippen LogP contribution in [0.5, 0.6) is 0 Å². The third-order valence-corrected chi connectivity index (χ3v) is 4.54. The minimum Gasteiger partial charge on any atom is -0.445 e. The second-order valence-electron chi connectivity index (χ2n) is 6.17. The van der Waals surface area contributed by atoms with E-state index in [0.29, 0.717) is 13.0 Å². The summed E-state index contributed by atoms with van der Waals surface area (Å²) >= 11 is 5.68. The molecule has 26 heavy (non-hydrogen) atoms. The zero-order valence-corrected chi connectivity index (χ0v) is 15.0. The first-order valence-corrected chi connectivity index (χ1v) is 8.83. The van der Waals surface area contributed by atoms with Gasteiger partial charge < -0.3 is 9.47 Å². The number of nitrogens with zero attached hydrogens (tertiary/aromatic N) is 1. The molecule has 2 atom stereocenters. The zero-order valence-electron chi connectivity index (χ0n) is 14.2. The van der Waals surface area contributed by atoms with Crippen LogP contribution in [0.1, 0.15) is 17.5 Å². The summed E-state index contributed by atoms with van der Waals surface area (Å²) in [5, 5.41) is -0.576. The highest BCUT2D eigenvalue weighted by atomic mass is 35.5. The lowest BCUT2D eigenvalue weighted by molar-refractivity contribution is -0.115. The molecule has 0 radical (unpaired) electrons. The van der Waals surface area contributed by atoms with E-state index in [0.717, 1.165) is 11.1 Å². The van der Waals surface area contributed by atoms with Crippen LogP contribution in [0.2, 0.25) is 0 Å². The molecule has 1 fully saturated rings. The monoisotopic (exact) mass is 373 g/mol. The lowest BCUT2D eigenvalue weighted by atomic mass is 10.2. The number of halogens is 1. The van der Waals surface area contributed by atoms with Crippen molar-refractivity contribution in [1.29, 1.82) is 0 Å². The van der Waals surface area contributed by atoms with Gasteiger partial charge in [0.25, 0.3) is 0 Å². The van der Waals surface area contributed by atoms with Gasteiger partial charge in [0.05, 0.1) is 19.3 Å². The van der Waals surface area contributed by atoms with Crippen molar-refractivity contribution in [3.8, 4) is 0 Å². The molecule has 5 nitrogen and oxygen atoms in total. The molecule has 1 saturated heterocycles. The molecule has 2 aromatic rings. The van der Waals surface area contributed by atoms with E-state index in [1.165, 1.54) is 4.90 Å². The van der Waals surface area contributed by atoms with E-state index in [9.17, 15) is 9.59 Å². The second-order valence-corrected chi connectivity index (χ2v) is 6.54. The molecule has 136 valence electrons. The van der Waals surface area contributed by atoms with E-state index in [4.69, 9.17) is 21.1 Å². The first-order chi connectivity index (χ1) is 12.6. The molecule has 0 aliphatic carbocycles. The maximum absolute atomic E-state index is 12.4. The van der Waals surface area contributed by atoms with Gasteiger partial charge >= 0.3 is 6.09 Å². The Hall–Kier alpha value is -2.37. The van der Waals surface area contributed by atoms with Gasteiger partial charge in [-0.05, 0) is 22.7 Å². The summed E-state index contributed by atoms with van der Waals surface area (Å²) in [4.78, 5) is 25.5. The maximum Gasteiger partial charge on any atom is 0.410 e. The van der Waals surface area contributed by atoms with Crippen LogP contribution in [0.25, 0.3) is 0 Å². The van der Waals surface area contributed by atoms with Crippen LogP contribution in [-0.4, -0.2) is 34.9 Å². The minimum atomic E-state index is -0.722. The Kier molecular flexibility index (Phi) is 6.26. The predicted octanol–water partition coefficient (Wildman–Crippen LogP) is 3.75. The maximum atomic E-state index is 12.4. The molecule has 1 aliphatic heterocycles. The third-order valence-electron chi connectivity index (χ3n) is 4.29. The molecule has 0 spiro atoms. The Balaban J connectivity index is 1.56. The molecule has 1 aliphatic rings. The molecule has 0 N–H and O–H groups in total. The summed E-state index contributed by atoms with van der Waals surface area (Å²) in [6.45, 7) is 0.847. The molecule has 3 rings (SSSR count). The normalized spacial score (nSPS) is 19.3. The summed E-state index contributed by atoms with van der Waals surface area (Å²) in [5.74, 6) is 0. The van der Waals surface area contributed by atoms with E-state index in [1.54, 1.807) is 0 Å². The van der Waals surface area contributed by atoms with Gasteiger partial charge in [0.2, 0.25) is 5.24 Å². The van der Waals surface area contributed by atoms with Crippen molar-refractivity contribution in [3.05, 3.63) is 71.8 Å². The number of carbonyl (C=O) groups excluding carboxylic acids is 2. The first-order valence-electron chi connectivity index (χ1n) is 8.45. The van der Waals surface area contributed by atoms with Gasteiger partial charge in [0.1, 0.15) is 12.6 Å². The van der Waals surface area contributed by atoms with Crippen LogP contribution < -0.4 is 0 Å². The van der Waals surface area contributed by atoms with E-state index in [-0.39, 0.29) is 19.3 Å². The number of carbonyl (C=O) groups is 2. The number of amides is 1. The van der Waals surface area contributed by atoms with Gasteiger partial charge in [0, 0.05) is 6.42 Å². The molecular weight excluding hydrogens is 354 g/mol. The van der Waals surface area contributed by atoms with Crippen molar-refractivity contribution in [2.24, 2.45) is 0 Å². The number of hydrogen-bond acceptors (Lipinski definition) is 4. The van der Waals surface area contributed by atoms with Crippen LogP contribution in [-0.2, 0) is 27.5 Å². The molecule has 1 amide bonds. The van der Waals surface area contributed by atoms with Crippen molar-refractivity contribution < 1.29 is 19.1 Å². The van der Waals surface area contributed by atoms with Crippen molar-refractivity contribution >= 4 is 22.9 Å². The quantitative estimate of drug-likeness (QED) is 0.724. The Morgan fingerprint density at radius 3 is 2.12 bits per heavy atom. The van der Waals surface area contributed by atoms with Crippen molar-refractivity contribution in [3.63, 3.8) is 0 Å². The van der Waals surface area contributed by atoms with Crippen molar-refractivity contribution in [1.82, 2.24) is 4.90 Å². The van der Waals surface area contributed by atoms with Gasteiger partial charge in [-0.15, -0.1) is 0 Å². The van der Waals surface area contributed by atoms with Gasteiger partial charge in [-0.2, -0.15) is 0 Å². The summed E-state index contributed by atoms with van der Waals surface area (Å²) in [5.41, 5.74) is 1.91. The molecule has 0 aromatic heterocycles. The predicted molar refractivity (Wildman–Crippen MR) is 97.6 cm³/mol. The highest BCUT2D eigenvalue weighted by molar-refractivity contribution is 6.64. The summed E-state index contributed by atoms with van der Waals surface area (Å²) in [6.07, 6.45) is -0.443. The van der Waals surface area contributed by atoms with E-state index in [1.807, 2.05) is 60.7 Å². The first kappa shape index (κ1) is 18.4. The van der Waals surface area contributed by atoms with Crippen molar-refractivity contribution in [2.75, 3.05) is 6.54 Å². The molecule has 6 heteroatoms. The van der Waals surface area contributed by atoms with Crippen molar-refractivity contribution in [2.45, 2.75) is 31.8 Å². The zero-order chi connectivity index (χ0) is 18.4. The molecule has 1 heterocycles. The molecule has 2 aromatic carbocycles. The summed E-state index contributed by atoms with van der Waals surface area (Å²) in [6, 6.07) is 18.4. The molecule has 0 saturated carbocycles. The fourth-order valence-electron chi connectivity index (χ4n) is 2.93. The van der Waals surface area contributed by atoms with E-state index in [2.05, 4.69) is 0 Å². The van der Waals surface area contributed by atoms with Crippen LogP contribution >= 0.6 is 11.6 Å². The topological polar surface area (TPSA) is 55.8 Å². The van der Waals surface area contributed by atoms with E-state index < -0.39 is 17.4 Å². The Labute approximate surface area is 157 Å². The summed E-state index contributed by atoms with van der Waals surface area (Å²) < 4.78 is 11.2. The lowest BCUT2D eigenvalue weighted by Gasteiger charge is -2.21. The molecule has 0 unspecified atom stereocenters. The average molecular weight is 374 g/mol. The van der Waals surface area contributed by atoms with Gasteiger partial charge in [-0.1, -0.05) is 60.7 Å². The number of benzene rings is 2. The SMILES string of the molecule is O=C(Cl)[C@H]1C[C@H](OCc2ccccc2)CN1C(=O)OCc1ccccc1.